The lowest BCUT2D eigenvalue weighted by Crippen LogP contribution is -1.83. The van der Waals surface area contributed by atoms with Gasteiger partial charge in [-0.3, -0.25) is 0 Å². The van der Waals surface area contributed by atoms with Crippen molar-refractivity contribution < 1.29 is 0 Å². The Morgan fingerprint density at radius 2 is 1.69 bits per heavy atom. The topological polar surface area (TPSA) is 47.6 Å². The predicted octanol–water partition coefficient (Wildman–Crippen LogP) is 2.51. The fourth-order valence-electron chi connectivity index (χ4n) is 1.03. The van der Waals surface area contributed by atoms with Crippen molar-refractivity contribution in [2.24, 2.45) is 0 Å². The summed E-state index contributed by atoms with van der Waals surface area (Å²) in [6, 6.07) is 13.2. The fraction of sp³-hybridized carbons (Fsp3) is 0.0909. The Kier molecular flexibility index (Phi) is 2.84. The Balaban J connectivity index is 3.25. The van der Waals surface area contributed by atoms with E-state index in [0.29, 0.717) is 11.1 Å². The number of rotatable bonds is 1. The van der Waals surface area contributed by atoms with Crippen LogP contribution >= 0.6 is 0 Å². The van der Waals surface area contributed by atoms with E-state index in [2.05, 4.69) is 0 Å². The highest BCUT2D eigenvalue weighted by Gasteiger charge is 2.02. The average Bonchev–Trinajstić information content (AvgIpc) is 2.20. The first-order chi connectivity index (χ1) is 6.29. The molecule has 0 aliphatic rings. The monoisotopic (exact) mass is 168 g/mol. The second kappa shape index (κ2) is 4.09. The third kappa shape index (κ3) is 1.95. The fourth-order valence-corrected chi connectivity index (χ4v) is 1.03. The van der Waals surface area contributed by atoms with E-state index in [1.54, 1.807) is 6.92 Å². The molecule has 0 saturated heterocycles. The van der Waals surface area contributed by atoms with Gasteiger partial charge in [0.25, 0.3) is 0 Å². The summed E-state index contributed by atoms with van der Waals surface area (Å²) in [4.78, 5) is 0. The summed E-state index contributed by atoms with van der Waals surface area (Å²) in [5, 5.41) is 17.5. The minimum Gasteiger partial charge on any atom is -0.193 e. The Morgan fingerprint density at radius 1 is 1.08 bits per heavy atom. The van der Waals surface area contributed by atoms with E-state index in [1.807, 2.05) is 42.5 Å². The highest BCUT2D eigenvalue weighted by Crippen LogP contribution is 2.16. The van der Waals surface area contributed by atoms with Crippen molar-refractivity contribution in [1.29, 1.82) is 10.5 Å². The van der Waals surface area contributed by atoms with E-state index in [0.717, 1.165) is 5.56 Å². The van der Waals surface area contributed by atoms with E-state index < -0.39 is 0 Å². The van der Waals surface area contributed by atoms with Gasteiger partial charge in [0.15, 0.2) is 0 Å². The van der Waals surface area contributed by atoms with Crippen LogP contribution in [0.1, 0.15) is 12.5 Å². The van der Waals surface area contributed by atoms with Gasteiger partial charge in [0.1, 0.15) is 6.07 Å². The smallest absolute Gasteiger partial charge is 0.101 e. The second-order valence-electron chi connectivity index (χ2n) is 2.59. The number of hydrogen-bond acceptors (Lipinski definition) is 2. The standard InChI is InChI=1S/C11H8N2/c1-9(7-12)11(8-13)10-5-3-2-4-6-10/h2-6H,1H3/b11-9-. The number of nitrogens with zero attached hydrogens (tertiary/aromatic N) is 2. The second-order valence-corrected chi connectivity index (χ2v) is 2.59. The van der Waals surface area contributed by atoms with Crippen LogP contribution in [0.2, 0.25) is 0 Å². The van der Waals surface area contributed by atoms with Gasteiger partial charge in [-0.2, -0.15) is 10.5 Å². The van der Waals surface area contributed by atoms with Crippen molar-refractivity contribution in [3.8, 4) is 12.1 Å². The summed E-state index contributed by atoms with van der Waals surface area (Å²) < 4.78 is 0. The minimum absolute atomic E-state index is 0.447. The van der Waals surface area contributed by atoms with Gasteiger partial charge in [0.2, 0.25) is 0 Å². The average molecular weight is 168 g/mol. The molecule has 13 heavy (non-hydrogen) atoms. The van der Waals surface area contributed by atoms with Gasteiger partial charge in [-0.25, -0.2) is 0 Å². The van der Waals surface area contributed by atoms with Crippen LogP contribution in [0.3, 0.4) is 0 Å². The zero-order valence-corrected chi connectivity index (χ0v) is 7.28. The van der Waals surface area contributed by atoms with Crippen molar-refractivity contribution in [2.45, 2.75) is 6.92 Å². The largest absolute Gasteiger partial charge is 0.193 e. The van der Waals surface area contributed by atoms with Gasteiger partial charge >= 0.3 is 0 Å². The van der Waals surface area contributed by atoms with Crippen LogP contribution in [0.25, 0.3) is 5.57 Å². The lowest BCUT2D eigenvalue weighted by Gasteiger charge is -1.97. The maximum absolute atomic E-state index is 8.82. The maximum Gasteiger partial charge on any atom is 0.101 e. The molecule has 0 aliphatic carbocycles. The van der Waals surface area contributed by atoms with Crippen LogP contribution in [0.15, 0.2) is 35.9 Å². The van der Waals surface area contributed by atoms with E-state index >= 15 is 0 Å². The molecule has 0 saturated carbocycles. The first-order valence-electron chi connectivity index (χ1n) is 3.86. The first-order valence-corrected chi connectivity index (χ1v) is 3.86. The van der Waals surface area contributed by atoms with Crippen LogP contribution in [-0.4, -0.2) is 0 Å². The van der Waals surface area contributed by atoms with Gasteiger partial charge in [0, 0.05) is 5.57 Å². The van der Waals surface area contributed by atoms with E-state index in [1.165, 1.54) is 0 Å². The first kappa shape index (κ1) is 9.03. The van der Waals surface area contributed by atoms with Crippen LogP contribution in [0, 0.1) is 22.7 Å². The zero-order chi connectivity index (χ0) is 9.68. The van der Waals surface area contributed by atoms with Gasteiger partial charge in [-0.05, 0) is 12.5 Å². The summed E-state index contributed by atoms with van der Waals surface area (Å²) >= 11 is 0. The van der Waals surface area contributed by atoms with Gasteiger partial charge in [-0.15, -0.1) is 0 Å². The molecule has 1 rings (SSSR count). The highest BCUT2D eigenvalue weighted by atomic mass is 14.3. The van der Waals surface area contributed by atoms with Crippen molar-refractivity contribution in [3.05, 3.63) is 41.5 Å². The maximum atomic E-state index is 8.82. The normalized spacial score (nSPS) is 11.0. The molecule has 2 nitrogen and oxygen atoms in total. The molecule has 1 aromatic rings. The molecule has 1 aromatic carbocycles. The highest BCUT2D eigenvalue weighted by molar-refractivity contribution is 5.81. The Morgan fingerprint density at radius 3 is 2.15 bits per heavy atom. The van der Waals surface area contributed by atoms with Crippen molar-refractivity contribution in [2.75, 3.05) is 0 Å². The number of nitriles is 2. The molecule has 0 aromatic heterocycles. The molecule has 0 aliphatic heterocycles. The third-order valence-electron chi connectivity index (χ3n) is 1.72. The quantitative estimate of drug-likeness (QED) is 0.605. The number of allylic oxidation sites excluding steroid dienone is 2. The summed E-state index contributed by atoms with van der Waals surface area (Å²) in [7, 11) is 0. The van der Waals surface area contributed by atoms with Crippen molar-refractivity contribution in [3.63, 3.8) is 0 Å². The molecular formula is C11H8N2. The molecule has 0 atom stereocenters. The van der Waals surface area contributed by atoms with Crippen LogP contribution in [-0.2, 0) is 0 Å². The molecule has 0 N–H and O–H groups in total. The molecule has 0 unspecified atom stereocenters. The third-order valence-corrected chi connectivity index (χ3v) is 1.72. The van der Waals surface area contributed by atoms with Crippen molar-refractivity contribution >= 4 is 5.57 Å². The number of benzene rings is 1. The Labute approximate surface area is 77.4 Å². The summed E-state index contributed by atoms with van der Waals surface area (Å²) in [6.07, 6.45) is 0. The minimum atomic E-state index is 0.447. The van der Waals surface area contributed by atoms with Crippen molar-refractivity contribution in [1.82, 2.24) is 0 Å². The molecule has 0 heterocycles. The summed E-state index contributed by atoms with van der Waals surface area (Å²) in [5.74, 6) is 0. The predicted molar refractivity (Wildman–Crippen MR) is 50.3 cm³/mol. The molecule has 0 fully saturated rings. The number of hydrogen-bond donors (Lipinski definition) is 0. The van der Waals surface area contributed by atoms with E-state index in [-0.39, 0.29) is 0 Å². The van der Waals surface area contributed by atoms with Crippen LogP contribution < -0.4 is 0 Å². The lowest BCUT2D eigenvalue weighted by molar-refractivity contribution is 1.43. The molecule has 0 amide bonds. The molecule has 0 bridgehead atoms. The molecule has 2 heteroatoms. The van der Waals surface area contributed by atoms with Gasteiger partial charge in [0.05, 0.1) is 11.6 Å². The van der Waals surface area contributed by atoms with Gasteiger partial charge in [-0.1, -0.05) is 30.3 Å². The molecule has 0 radical (unpaired) electrons. The van der Waals surface area contributed by atoms with E-state index in [9.17, 15) is 0 Å². The molecule has 0 spiro atoms. The lowest BCUT2D eigenvalue weighted by atomic mass is 10.0. The Hall–Kier alpha value is -2.06. The van der Waals surface area contributed by atoms with Crippen LogP contribution in [0.5, 0.6) is 0 Å². The molecule has 62 valence electrons. The summed E-state index contributed by atoms with van der Waals surface area (Å²) in [5.41, 5.74) is 1.70. The van der Waals surface area contributed by atoms with E-state index in [4.69, 9.17) is 10.5 Å². The SMILES string of the molecule is C/C(C#N)=C(\C#N)c1ccccc1. The summed E-state index contributed by atoms with van der Waals surface area (Å²) in [6.45, 7) is 1.64. The Bertz CT molecular complexity index is 402. The zero-order valence-electron chi connectivity index (χ0n) is 7.28. The molecular weight excluding hydrogens is 160 g/mol. The van der Waals surface area contributed by atoms with Gasteiger partial charge < -0.3 is 0 Å². The van der Waals surface area contributed by atoms with Crippen LogP contribution in [0.4, 0.5) is 0 Å².